The third-order valence-corrected chi connectivity index (χ3v) is 7.51. The van der Waals surface area contributed by atoms with Gasteiger partial charge in [-0.1, -0.05) is 66.7 Å². The van der Waals surface area contributed by atoms with E-state index in [4.69, 9.17) is 0 Å². The zero-order chi connectivity index (χ0) is 17.1. The Morgan fingerprint density at radius 2 is 1.16 bits per heavy atom. The summed E-state index contributed by atoms with van der Waals surface area (Å²) in [6.07, 6.45) is 2.38. The Labute approximate surface area is 149 Å². The molecule has 1 atom stereocenters. The largest absolute Gasteiger partial charge is 0.297 e. The van der Waals surface area contributed by atoms with Gasteiger partial charge in [-0.2, -0.15) is 0 Å². The second-order valence-electron chi connectivity index (χ2n) is 6.64. The van der Waals surface area contributed by atoms with Crippen molar-refractivity contribution in [2.45, 2.75) is 18.9 Å². The fourth-order valence-electron chi connectivity index (χ4n) is 3.31. The molecule has 3 aromatic rings. The van der Waals surface area contributed by atoms with Gasteiger partial charge in [0.05, 0.1) is 0 Å². The third kappa shape index (κ3) is 3.46. The lowest BCUT2D eigenvalue weighted by Crippen LogP contribution is -2.31. The van der Waals surface area contributed by atoms with E-state index < -0.39 is 7.29 Å². The Bertz CT molecular complexity index is 817. The van der Waals surface area contributed by atoms with E-state index in [0.29, 0.717) is 5.92 Å². The van der Waals surface area contributed by atoms with Crippen molar-refractivity contribution in [2.24, 2.45) is 5.92 Å². The van der Waals surface area contributed by atoms with E-state index in [1.54, 1.807) is 0 Å². The first-order chi connectivity index (χ1) is 12.3. The first-order valence-electron chi connectivity index (χ1n) is 8.81. The lowest BCUT2D eigenvalue weighted by molar-refractivity contribution is 0.537. The van der Waals surface area contributed by atoms with Crippen molar-refractivity contribution in [3.8, 4) is 0 Å². The number of rotatable bonds is 6. The molecule has 4 rings (SSSR count). The highest BCUT2D eigenvalue weighted by Gasteiger charge is 2.38. The van der Waals surface area contributed by atoms with Gasteiger partial charge in [-0.05, 0) is 48.6 Å². The van der Waals surface area contributed by atoms with Gasteiger partial charge in [-0.3, -0.25) is 9.65 Å². The third-order valence-electron chi connectivity index (χ3n) is 4.81. The van der Waals surface area contributed by atoms with Crippen LogP contribution in [0.4, 0.5) is 0 Å². The first kappa shape index (κ1) is 16.3. The number of hydrogen-bond donors (Lipinski definition) is 1. The van der Waals surface area contributed by atoms with Crippen molar-refractivity contribution in [3.63, 3.8) is 0 Å². The minimum atomic E-state index is -2.91. The summed E-state index contributed by atoms with van der Waals surface area (Å²) < 4.78 is 14.2. The minimum Gasteiger partial charge on any atom is -0.297 e. The monoisotopic (exact) mass is 347 g/mol. The lowest BCUT2D eigenvalue weighted by atomic mass is 10.0. The Hall–Kier alpha value is -2.15. The summed E-state index contributed by atoms with van der Waals surface area (Å²) in [5, 5.41) is 5.32. The quantitative estimate of drug-likeness (QED) is 0.657. The predicted molar refractivity (Wildman–Crippen MR) is 105 cm³/mol. The van der Waals surface area contributed by atoms with Crippen LogP contribution in [0, 0.1) is 5.92 Å². The average Bonchev–Trinajstić information content (AvgIpc) is 3.53. The van der Waals surface area contributed by atoms with Gasteiger partial charge < -0.3 is 0 Å². The van der Waals surface area contributed by atoms with Crippen LogP contribution in [-0.4, -0.2) is 0 Å². The standard InChI is InChI=1S/C22H22NOP/c24-25(20-12-6-2-7-13-20,21-14-8-3-9-15-21)23-22(19-16-17-19)18-10-4-1-5-11-18/h1-15,19,22H,16-17H2,(H,23,24)/t22-/m0/s1. The summed E-state index contributed by atoms with van der Waals surface area (Å²) in [5.74, 6) is 0.558. The molecule has 1 N–H and O–H groups in total. The van der Waals surface area contributed by atoms with Crippen LogP contribution in [0.1, 0.15) is 24.4 Å². The molecule has 0 unspecified atom stereocenters. The molecule has 126 valence electrons. The van der Waals surface area contributed by atoms with Crippen LogP contribution in [0.25, 0.3) is 0 Å². The summed E-state index contributed by atoms with van der Waals surface area (Å²) in [6.45, 7) is 0. The zero-order valence-electron chi connectivity index (χ0n) is 14.1. The van der Waals surface area contributed by atoms with Crippen LogP contribution >= 0.6 is 7.29 Å². The van der Waals surface area contributed by atoms with E-state index in [2.05, 4.69) is 29.4 Å². The molecule has 0 aromatic heterocycles. The maximum atomic E-state index is 14.2. The SMILES string of the molecule is O=P(N[C@@H](c1ccccc1)C1CC1)(c1ccccc1)c1ccccc1. The summed E-state index contributed by atoms with van der Waals surface area (Å²) in [5.41, 5.74) is 1.22. The van der Waals surface area contributed by atoms with Crippen LogP contribution in [0.3, 0.4) is 0 Å². The Balaban J connectivity index is 1.77. The maximum absolute atomic E-state index is 14.2. The van der Waals surface area contributed by atoms with Crippen molar-refractivity contribution in [3.05, 3.63) is 96.6 Å². The van der Waals surface area contributed by atoms with E-state index in [1.807, 2.05) is 66.7 Å². The van der Waals surface area contributed by atoms with Crippen LogP contribution in [0.15, 0.2) is 91.0 Å². The second-order valence-corrected chi connectivity index (χ2v) is 9.14. The molecule has 1 aliphatic carbocycles. The number of nitrogens with one attached hydrogen (secondary N) is 1. The highest BCUT2D eigenvalue weighted by molar-refractivity contribution is 7.76. The van der Waals surface area contributed by atoms with Crippen molar-refractivity contribution in [1.29, 1.82) is 0 Å². The molecule has 2 nitrogen and oxygen atoms in total. The molecule has 0 aliphatic heterocycles. The lowest BCUT2D eigenvalue weighted by Gasteiger charge is -2.27. The van der Waals surface area contributed by atoms with Gasteiger partial charge >= 0.3 is 0 Å². The second kappa shape index (κ2) is 7.00. The molecule has 0 bridgehead atoms. The Morgan fingerprint density at radius 1 is 0.720 bits per heavy atom. The summed E-state index contributed by atoms with van der Waals surface area (Å²) in [4.78, 5) is 0. The molecule has 1 fully saturated rings. The zero-order valence-corrected chi connectivity index (χ0v) is 15.0. The fraction of sp³-hybridized carbons (Fsp3) is 0.182. The van der Waals surface area contributed by atoms with Gasteiger partial charge in [0, 0.05) is 16.7 Å². The van der Waals surface area contributed by atoms with E-state index in [1.165, 1.54) is 18.4 Å². The van der Waals surface area contributed by atoms with Crippen LogP contribution in [0.2, 0.25) is 0 Å². The molecule has 0 spiro atoms. The van der Waals surface area contributed by atoms with Gasteiger partial charge in [0.1, 0.15) is 0 Å². The van der Waals surface area contributed by atoms with Crippen LogP contribution < -0.4 is 15.7 Å². The van der Waals surface area contributed by atoms with Crippen molar-refractivity contribution < 1.29 is 4.57 Å². The highest BCUT2D eigenvalue weighted by Crippen LogP contribution is 2.48. The minimum absolute atomic E-state index is 0.118. The van der Waals surface area contributed by atoms with Crippen LogP contribution in [0.5, 0.6) is 0 Å². The first-order valence-corrected chi connectivity index (χ1v) is 10.5. The molecular weight excluding hydrogens is 325 g/mol. The summed E-state index contributed by atoms with van der Waals surface area (Å²) in [7, 11) is -2.91. The fourth-order valence-corrected chi connectivity index (χ4v) is 5.84. The van der Waals surface area contributed by atoms with Gasteiger partial charge in [-0.25, -0.2) is 0 Å². The van der Waals surface area contributed by atoms with E-state index >= 15 is 0 Å². The van der Waals surface area contributed by atoms with Crippen molar-refractivity contribution >= 4 is 17.9 Å². The molecule has 25 heavy (non-hydrogen) atoms. The summed E-state index contributed by atoms with van der Waals surface area (Å²) >= 11 is 0. The van der Waals surface area contributed by atoms with E-state index in [-0.39, 0.29) is 6.04 Å². The number of hydrogen-bond acceptors (Lipinski definition) is 1. The molecule has 0 heterocycles. The molecule has 3 heteroatoms. The molecule has 1 aliphatic rings. The Morgan fingerprint density at radius 3 is 1.60 bits per heavy atom. The molecule has 1 saturated carbocycles. The smallest absolute Gasteiger partial charge is 0.205 e. The molecule has 3 aromatic carbocycles. The van der Waals surface area contributed by atoms with Gasteiger partial charge in [0.25, 0.3) is 0 Å². The van der Waals surface area contributed by atoms with Crippen LogP contribution in [-0.2, 0) is 4.57 Å². The predicted octanol–water partition coefficient (Wildman–Crippen LogP) is 4.66. The Kier molecular flexibility index (Phi) is 4.57. The van der Waals surface area contributed by atoms with E-state index in [0.717, 1.165) is 10.6 Å². The van der Waals surface area contributed by atoms with Crippen molar-refractivity contribution in [2.75, 3.05) is 0 Å². The molecule has 0 amide bonds. The van der Waals surface area contributed by atoms with Crippen molar-refractivity contribution in [1.82, 2.24) is 5.09 Å². The van der Waals surface area contributed by atoms with E-state index in [9.17, 15) is 4.57 Å². The average molecular weight is 347 g/mol. The normalized spacial score (nSPS) is 15.7. The highest BCUT2D eigenvalue weighted by atomic mass is 31.2. The molecule has 0 saturated heterocycles. The van der Waals surface area contributed by atoms with Gasteiger partial charge in [0.15, 0.2) is 0 Å². The topological polar surface area (TPSA) is 29.1 Å². The molecule has 0 radical (unpaired) electrons. The van der Waals surface area contributed by atoms with Gasteiger partial charge in [0.2, 0.25) is 7.29 Å². The number of benzene rings is 3. The molecular formula is C22H22NOP. The van der Waals surface area contributed by atoms with Gasteiger partial charge in [-0.15, -0.1) is 0 Å². The summed E-state index contributed by atoms with van der Waals surface area (Å²) in [6, 6.07) is 30.2. The maximum Gasteiger partial charge on any atom is 0.205 e.